The summed E-state index contributed by atoms with van der Waals surface area (Å²) in [7, 11) is 1.22. The molecule has 88 valence electrons. The Morgan fingerprint density at radius 2 is 1.93 bits per heavy atom. The Morgan fingerprint density at radius 3 is 2.33 bits per heavy atom. The Balaban J connectivity index is 3.71. The lowest BCUT2D eigenvalue weighted by Crippen LogP contribution is -2.13. The van der Waals surface area contributed by atoms with E-state index >= 15 is 0 Å². The SMILES string of the molecule is C=C(C)C(=O)OCCCC([SiH3])(CC)CC. The van der Waals surface area contributed by atoms with Crippen LogP contribution >= 0.6 is 0 Å². The van der Waals surface area contributed by atoms with E-state index in [1.54, 1.807) is 6.92 Å². The van der Waals surface area contributed by atoms with Gasteiger partial charge in [0.2, 0.25) is 0 Å². The van der Waals surface area contributed by atoms with Crippen LogP contribution in [0.5, 0.6) is 0 Å². The fourth-order valence-corrected chi connectivity index (χ4v) is 1.74. The van der Waals surface area contributed by atoms with E-state index in [2.05, 4.69) is 20.4 Å². The predicted molar refractivity (Wildman–Crippen MR) is 68.2 cm³/mol. The summed E-state index contributed by atoms with van der Waals surface area (Å²) >= 11 is 0. The number of esters is 1. The van der Waals surface area contributed by atoms with E-state index in [1.807, 2.05) is 0 Å². The maximum Gasteiger partial charge on any atom is 0.333 e. The maximum absolute atomic E-state index is 11.1. The highest BCUT2D eigenvalue weighted by Crippen LogP contribution is 2.35. The van der Waals surface area contributed by atoms with E-state index in [-0.39, 0.29) is 5.97 Å². The van der Waals surface area contributed by atoms with Crippen molar-refractivity contribution in [2.75, 3.05) is 6.61 Å². The molecule has 0 aromatic rings. The van der Waals surface area contributed by atoms with Crippen LogP contribution in [0.4, 0.5) is 0 Å². The molecule has 0 N–H and O–H groups in total. The molecule has 0 rings (SSSR count). The number of carbonyl (C=O) groups excluding carboxylic acids is 1. The van der Waals surface area contributed by atoms with Crippen LogP contribution in [0.3, 0.4) is 0 Å². The highest BCUT2D eigenvalue weighted by atomic mass is 28.1. The molecule has 0 heterocycles. The van der Waals surface area contributed by atoms with Crippen molar-refractivity contribution in [3.63, 3.8) is 0 Å². The van der Waals surface area contributed by atoms with Gasteiger partial charge in [0.25, 0.3) is 0 Å². The normalized spacial score (nSPS) is 11.4. The lowest BCUT2D eigenvalue weighted by atomic mass is 9.96. The van der Waals surface area contributed by atoms with Gasteiger partial charge in [0.15, 0.2) is 0 Å². The van der Waals surface area contributed by atoms with Gasteiger partial charge in [0.05, 0.1) is 6.61 Å². The number of hydrogen-bond acceptors (Lipinski definition) is 2. The molecule has 0 fully saturated rings. The van der Waals surface area contributed by atoms with Gasteiger partial charge in [-0.2, -0.15) is 0 Å². The topological polar surface area (TPSA) is 26.3 Å². The van der Waals surface area contributed by atoms with Gasteiger partial charge in [-0.25, -0.2) is 4.79 Å². The van der Waals surface area contributed by atoms with Gasteiger partial charge < -0.3 is 4.74 Å². The van der Waals surface area contributed by atoms with E-state index in [4.69, 9.17) is 4.74 Å². The van der Waals surface area contributed by atoms with E-state index in [0.29, 0.717) is 17.2 Å². The zero-order chi connectivity index (χ0) is 11.9. The highest BCUT2D eigenvalue weighted by molar-refractivity contribution is 6.15. The summed E-state index contributed by atoms with van der Waals surface area (Å²) in [5.74, 6) is -0.262. The third-order valence-electron chi connectivity index (χ3n) is 3.21. The largest absolute Gasteiger partial charge is 0.462 e. The minimum atomic E-state index is -0.262. The van der Waals surface area contributed by atoms with Gasteiger partial charge in [-0.3, -0.25) is 0 Å². The molecule has 0 atom stereocenters. The van der Waals surface area contributed by atoms with Crippen LogP contribution in [-0.4, -0.2) is 22.8 Å². The Kier molecular flexibility index (Phi) is 6.57. The van der Waals surface area contributed by atoms with Crippen LogP contribution in [0.1, 0.15) is 46.5 Å². The molecule has 0 aromatic carbocycles. The average molecular weight is 228 g/mol. The second kappa shape index (κ2) is 6.83. The van der Waals surface area contributed by atoms with Crippen LogP contribution in [0.25, 0.3) is 0 Å². The van der Waals surface area contributed by atoms with Gasteiger partial charge in [0, 0.05) is 15.8 Å². The average Bonchev–Trinajstić information content (AvgIpc) is 2.23. The number of rotatable bonds is 7. The second-order valence-corrected chi connectivity index (χ2v) is 6.66. The standard InChI is InChI=1S/C12H24O2Si/c1-5-12(15,6-2)8-7-9-14-11(13)10(3)4/h3,5-9H2,1-2,4,15H3. The third kappa shape index (κ3) is 5.77. The van der Waals surface area contributed by atoms with E-state index in [0.717, 1.165) is 6.42 Å². The first-order valence-electron chi connectivity index (χ1n) is 5.78. The van der Waals surface area contributed by atoms with Gasteiger partial charge in [-0.15, -0.1) is 0 Å². The smallest absolute Gasteiger partial charge is 0.333 e. The predicted octanol–water partition coefficient (Wildman–Crippen LogP) is 2.23. The Morgan fingerprint density at radius 1 is 1.40 bits per heavy atom. The molecule has 0 spiro atoms. The molecule has 0 aromatic heterocycles. The molecule has 15 heavy (non-hydrogen) atoms. The van der Waals surface area contributed by atoms with Gasteiger partial charge in [-0.05, 0) is 24.8 Å². The summed E-state index contributed by atoms with van der Waals surface area (Å²) in [6, 6.07) is 0. The molecule has 3 heteroatoms. The monoisotopic (exact) mass is 228 g/mol. The molecule has 0 saturated heterocycles. The van der Waals surface area contributed by atoms with Crippen LogP contribution in [0.15, 0.2) is 12.2 Å². The molecule has 0 saturated carbocycles. The zero-order valence-corrected chi connectivity index (χ0v) is 12.6. The Bertz CT molecular complexity index is 220. The van der Waals surface area contributed by atoms with E-state index in [9.17, 15) is 4.79 Å². The minimum Gasteiger partial charge on any atom is -0.462 e. The van der Waals surface area contributed by atoms with Gasteiger partial charge >= 0.3 is 5.97 Å². The molecule has 0 radical (unpaired) electrons. The first kappa shape index (κ1) is 14.4. The van der Waals surface area contributed by atoms with E-state index < -0.39 is 0 Å². The van der Waals surface area contributed by atoms with Crippen LogP contribution in [0.2, 0.25) is 5.04 Å². The molecule has 0 unspecified atom stereocenters. The molecule has 0 aliphatic carbocycles. The van der Waals surface area contributed by atoms with Crippen molar-refractivity contribution >= 4 is 16.2 Å². The minimum absolute atomic E-state index is 0.262. The van der Waals surface area contributed by atoms with Crippen molar-refractivity contribution in [3.05, 3.63) is 12.2 Å². The fourth-order valence-electron chi connectivity index (χ4n) is 1.39. The second-order valence-electron chi connectivity index (χ2n) is 4.54. The van der Waals surface area contributed by atoms with Crippen molar-refractivity contribution in [2.24, 2.45) is 0 Å². The number of ether oxygens (including phenoxy) is 1. The lowest BCUT2D eigenvalue weighted by molar-refractivity contribution is -0.139. The number of carbonyl (C=O) groups is 1. The van der Waals surface area contributed by atoms with E-state index in [1.165, 1.54) is 29.5 Å². The van der Waals surface area contributed by atoms with Crippen molar-refractivity contribution < 1.29 is 9.53 Å². The zero-order valence-electron chi connectivity index (χ0n) is 10.6. The molecule has 0 aliphatic rings. The van der Waals surface area contributed by atoms with Crippen LogP contribution < -0.4 is 0 Å². The molecule has 2 nitrogen and oxygen atoms in total. The first-order valence-corrected chi connectivity index (χ1v) is 6.78. The summed E-state index contributed by atoms with van der Waals surface area (Å²) in [6.45, 7) is 10.3. The van der Waals surface area contributed by atoms with Crippen LogP contribution in [-0.2, 0) is 9.53 Å². The Hall–Kier alpha value is -0.573. The quantitative estimate of drug-likeness (QED) is 0.289. The molecule has 0 aliphatic heterocycles. The summed E-state index contributed by atoms with van der Waals surface area (Å²) in [5, 5.41) is 0.537. The molecular weight excluding hydrogens is 204 g/mol. The van der Waals surface area contributed by atoms with Crippen molar-refractivity contribution in [3.8, 4) is 0 Å². The summed E-state index contributed by atoms with van der Waals surface area (Å²) in [5.41, 5.74) is 0.484. The summed E-state index contributed by atoms with van der Waals surface area (Å²) in [4.78, 5) is 11.1. The summed E-state index contributed by atoms with van der Waals surface area (Å²) in [6.07, 6.45) is 4.63. The Labute approximate surface area is 96.5 Å². The lowest BCUT2D eigenvalue weighted by Gasteiger charge is -2.26. The molecule has 0 amide bonds. The van der Waals surface area contributed by atoms with Gasteiger partial charge in [0.1, 0.15) is 0 Å². The van der Waals surface area contributed by atoms with Crippen molar-refractivity contribution in [1.29, 1.82) is 0 Å². The van der Waals surface area contributed by atoms with Gasteiger partial charge in [-0.1, -0.05) is 33.3 Å². The van der Waals surface area contributed by atoms with Crippen molar-refractivity contribution in [1.82, 2.24) is 0 Å². The first-order chi connectivity index (χ1) is 6.95. The maximum atomic E-state index is 11.1. The van der Waals surface area contributed by atoms with Crippen molar-refractivity contribution in [2.45, 2.75) is 51.5 Å². The molecule has 0 bridgehead atoms. The number of hydrogen-bond donors (Lipinski definition) is 0. The summed E-state index contributed by atoms with van der Waals surface area (Å²) < 4.78 is 5.06. The van der Waals surface area contributed by atoms with Crippen LogP contribution in [0, 0.1) is 0 Å². The highest BCUT2D eigenvalue weighted by Gasteiger charge is 2.18. The molecular formula is C12H24O2Si. The third-order valence-corrected chi connectivity index (χ3v) is 5.13. The fraction of sp³-hybridized carbons (Fsp3) is 0.750.